The molecule has 1 aliphatic heterocycles. The van der Waals surface area contributed by atoms with Crippen LogP contribution in [0.25, 0.3) is 0 Å². The van der Waals surface area contributed by atoms with Crippen LogP contribution in [0.1, 0.15) is 36.8 Å². The third kappa shape index (κ3) is 7.57. The zero-order valence-electron chi connectivity index (χ0n) is 19.9. The second kappa shape index (κ2) is 12.7. The lowest BCUT2D eigenvalue weighted by molar-refractivity contribution is -0.145. The Kier molecular flexibility index (Phi) is 9.43. The first kappa shape index (κ1) is 25.2. The van der Waals surface area contributed by atoms with E-state index < -0.39 is 12.0 Å². The number of methoxy groups -OCH3 is 2. The van der Waals surface area contributed by atoms with Crippen LogP contribution in [0.3, 0.4) is 0 Å². The van der Waals surface area contributed by atoms with Gasteiger partial charge in [-0.2, -0.15) is 0 Å². The van der Waals surface area contributed by atoms with Crippen molar-refractivity contribution >= 4 is 17.8 Å². The minimum absolute atomic E-state index is 0.136. The largest absolute Gasteiger partial charge is 0.497 e. The van der Waals surface area contributed by atoms with E-state index in [2.05, 4.69) is 10.3 Å². The van der Waals surface area contributed by atoms with Gasteiger partial charge in [0.05, 0.1) is 14.2 Å². The number of hydrogen-bond acceptors (Lipinski definition) is 6. The first-order valence-corrected chi connectivity index (χ1v) is 11.6. The SMILES string of the molecule is COC(=O)C(Cc1ccc(OC)cc1)NC(=O)CC1CCN(C(=O)CCc2cccnc2)CC1. The summed E-state index contributed by atoms with van der Waals surface area (Å²) in [5.41, 5.74) is 1.95. The number of carbonyl (C=O) groups excluding carboxylic acids is 3. The fraction of sp³-hybridized carbons (Fsp3) is 0.462. The first-order valence-electron chi connectivity index (χ1n) is 11.6. The molecule has 1 aromatic heterocycles. The van der Waals surface area contributed by atoms with Crippen molar-refractivity contribution in [2.75, 3.05) is 27.3 Å². The molecule has 1 N–H and O–H groups in total. The van der Waals surface area contributed by atoms with Crippen molar-refractivity contribution in [2.24, 2.45) is 5.92 Å². The smallest absolute Gasteiger partial charge is 0.328 e. The molecule has 8 nitrogen and oxygen atoms in total. The molecule has 2 amide bonds. The minimum Gasteiger partial charge on any atom is -0.497 e. The van der Waals surface area contributed by atoms with Gasteiger partial charge in [0, 0.05) is 44.7 Å². The number of aromatic nitrogens is 1. The van der Waals surface area contributed by atoms with Gasteiger partial charge in [-0.05, 0) is 54.5 Å². The quantitative estimate of drug-likeness (QED) is 0.540. The second-order valence-corrected chi connectivity index (χ2v) is 8.59. The summed E-state index contributed by atoms with van der Waals surface area (Å²) in [6.45, 7) is 1.30. The number of piperidine rings is 1. The fourth-order valence-corrected chi connectivity index (χ4v) is 4.19. The molecule has 0 aliphatic carbocycles. The molecular formula is C26H33N3O5. The number of benzene rings is 1. The van der Waals surface area contributed by atoms with Gasteiger partial charge in [-0.3, -0.25) is 14.6 Å². The standard InChI is InChI=1S/C26H33N3O5/c1-33-22-8-5-19(6-9-22)16-23(26(32)34-2)28-24(30)17-20-11-14-29(15-12-20)25(31)10-7-21-4-3-13-27-18-21/h3-6,8-9,13,18,20,23H,7,10-12,14-17H2,1-2H3,(H,28,30). The number of nitrogens with one attached hydrogen (secondary N) is 1. The average Bonchev–Trinajstić information content (AvgIpc) is 2.87. The van der Waals surface area contributed by atoms with Crippen LogP contribution in [0.5, 0.6) is 5.75 Å². The van der Waals surface area contributed by atoms with Crippen molar-refractivity contribution < 1.29 is 23.9 Å². The number of rotatable bonds is 10. The molecule has 3 rings (SSSR count). The van der Waals surface area contributed by atoms with Gasteiger partial charge in [0.2, 0.25) is 11.8 Å². The molecule has 0 saturated carbocycles. The van der Waals surface area contributed by atoms with Gasteiger partial charge in [0.15, 0.2) is 0 Å². The molecule has 1 aliphatic rings. The number of esters is 1. The molecule has 1 saturated heterocycles. The molecule has 2 heterocycles. The van der Waals surface area contributed by atoms with Gasteiger partial charge < -0.3 is 19.7 Å². The Morgan fingerprint density at radius 1 is 1.09 bits per heavy atom. The molecule has 1 fully saturated rings. The van der Waals surface area contributed by atoms with Crippen molar-refractivity contribution in [3.8, 4) is 5.75 Å². The highest BCUT2D eigenvalue weighted by Crippen LogP contribution is 2.22. The summed E-state index contributed by atoms with van der Waals surface area (Å²) in [4.78, 5) is 43.4. The average molecular weight is 468 g/mol. The van der Waals surface area contributed by atoms with Gasteiger partial charge in [-0.1, -0.05) is 18.2 Å². The highest BCUT2D eigenvalue weighted by Gasteiger charge is 2.27. The molecule has 0 radical (unpaired) electrons. The summed E-state index contributed by atoms with van der Waals surface area (Å²) < 4.78 is 10.0. The van der Waals surface area contributed by atoms with Crippen LogP contribution in [0.4, 0.5) is 0 Å². The third-order valence-electron chi connectivity index (χ3n) is 6.21. The van der Waals surface area contributed by atoms with E-state index >= 15 is 0 Å². The van der Waals surface area contributed by atoms with Crippen LogP contribution in [-0.2, 0) is 32.0 Å². The molecule has 1 unspecified atom stereocenters. The summed E-state index contributed by atoms with van der Waals surface area (Å²) in [5.74, 6) is 0.395. The number of amides is 2. The second-order valence-electron chi connectivity index (χ2n) is 8.59. The summed E-state index contributed by atoms with van der Waals surface area (Å²) in [5, 5.41) is 2.83. The number of nitrogens with zero attached hydrogens (tertiary/aromatic N) is 2. The summed E-state index contributed by atoms with van der Waals surface area (Å²) in [6, 6.07) is 10.5. The van der Waals surface area contributed by atoms with Gasteiger partial charge in [0.25, 0.3) is 0 Å². The number of likely N-dealkylation sites (tertiary alicyclic amines) is 1. The van der Waals surface area contributed by atoms with Gasteiger partial charge >= 0.3 is 5.97 Å². The van der Waals surface area contributed by atoms with E-state index in [1.165, 1.54) is 7.11 Å². The molecule has 1 atom stereocenters. The summed E-state index contributed by atoms with van der Waals surface area (Å²) in [7, 11) is 2.91. The normalized spacial score (nSPS) is 14.8. The molecule has 8 heteroatoms. The van der Waals surface area contributed by atoms with Gasteiger partial charge in [-0.25, -0.2) is 4.79 Å². The van der Waals surface area contributed by atoms with Crippen molar-refractivity contribution in [3.63, 3.8) is 0 Å². The third-order valence-corrected chi connectivity index (χ3v) is 6.21. The topological polar surface area (TPSA) is 97.8 Å². The van der Waals surface area contributed by atoms with Crippen LogP contribution in [0, 0.1) is 5.92 Å². The van der Waals surface area contributed by atoms with Gasteiger partial charge in [-0.15, -0.1) is 0 Å². The maximum atomic E-state index is 12.7. The Hall–Kier alpha value is -3.42. The Labute approximate surface area is 200 Å². The minimum atomic E-state index is -0.750. The number of ether oxygens (including phenoxy) is 2. The van der Waals surface area contributed by atoms with Crippen LogP contribution < -0.4 is 10.1 Å². The molecule has 1 aromatic carbocycles. The van der Waals surface area contributed by atoms with E-state index in [1.807, 2.05) is 41.3 Å². The Morgan fingerprint density at radius 2 is 1.82 bits per heavy atom. The highest BCUT2D eigenvalue weighted by molar-refractivity contribution is 5.84. The fourth-order valence-electron chi connectivity index (χ4n) is 4.19. The lowest BCUT2D eigenvalue weighted by atomic mass is 9.92. The van der Waals surface area contributed by atoms with Crippen molar-refractivity contribution in [2.45, 2.75) is 44.6 Å². The highest BCUT2D eigenvalue weighted by atomic mass is 16.5. The van der Waals surface area contributed by atoms with Crippen molar-refractivity contribution in [1.29, 1.82) is 0 Å². The lowest BCUT2D eigenvalue weighted by Gasteiger charge is -2.32. The summed E-state index contributed by atoms with van der Waals surface area (Å²) in [6.07, 6.45) is 6.86. The zero-order valence-corrected chi connectivity index (χ0v) is 19.9. The number of aryl methyl sites for hydroxylation is 1. The number of carbonyl (C=O) groups is 3. The lowest BCUT2D eigenvalue weighted by Crippen LogP contribution is -2.44. The molecule has 0 bridgehead atoms. The number of hydrogen-bond donors (Lipinski definition) is 1. The monoisotopic (exact) mass is 467 g/mol. The van der Waals surface area contributed by atoms with Crippen molar-refractivity contribution in [1.82, 2.24) is 15.2 Å². The number of pyridine rings is 1. The van der Waals surface area contributed by atoms with E-state index in [0.717, 1.165) is 29.7 Å². The van der Waals surface area contributed by atoms with Crippen LogP contribution in [0.15, 0.2) is 48.8 Å². The van der Waals surface area contributed by atoms with Crippen LogP contribution >= 0.6 is 0 Å². The van der Waals surface area contributed by atoms with Gasteiger partial charge in [0.1, 0.15) is 11.8 Å². The zero-order chi connectivity index (χ0) is 24.3. The van der Waals surface area contributed by atoms with Crippen LogP contribution in [0.2, 0.25) is 0 Å². The molecule has 34 heavy (non-hydrogen) atoms. The van der Waals surface area contributed by atoms with E-state index in [1.54, 1.807) is 19.5 Å². The maximum Gasteiger partial charge on any atom is 0.328 e. The first-order chi connectivity index (χ1) is 16.5. The van der Waals surface area contributed by atoms with E-state index in [-0.39, 0.29) is 17.7 Å². The van der Waals surface area contributed by atoms with E-state index in [0.29, 0.717) is 38.8 Å². The Balaban J connectivity index is 1.44. The molecule has 2 aromatic rings. The maximum absolute atomic E-state index is 12.7. The molecule has 0 spiro atoms. The predicted octanol–water partition coefficient (Wildman–Crippen LogP) is 2.55. The Morgan fingerprint density at radius 3 is 2.44 bits per heavy atom. The molecular weight excluding hydrogens is 434 g/mol. The van der Waals surface area contributed by atoms with E-state index in [9.17, 15) is 14.4 Å². The molecule has 182 valence electrons. The van der Waals surface area contributed by atoms with Crippen LogP contribution in [-0.4, -0.2) is 61.0 Å². The predicted molar refractivity (Wildman–Crippen MR) is 127 cm³/mol. The Bertz CT molecular complexity index is 941. The van der Waals surface area contributed by atoms with Crippen molar-refractivity contribution in [3.05, 3.63) is 59.9 Å². The van der Waals surface area contributed by atoms with E-state index in [4.69, 9.17) is 9.47 Å². The summed E-state index contributed by atoms with van der Waals surface area (Å²) >= 11 is 0.